The highest BCUT2D eigenvalue weighted by Crippen LogP contribution is 2.19. The highest BCUT2D eigenvalue weighted by molar-refractivity contribution is 5.95. The van der Waals surface area contributed by atoms with E-state index in [0.717, 1.165) is 17.2 Å². The maximum Gasteiger partial charge on any atom is 0.310 e. The first-order valence-corrected chi connectivity index (χ1v) is 5.29. The molecule has 0 bridgehead atoms. The number of nitro groups is 1. The van der Waals surface area contributed by atoms with Gasteiger partial charge in [0.25, 0.3) is 17.2 Å². The summed E-state index contributed by atoms with van der Waals surface area (Å²) in [6.07, 6.45) is 0.898. The molecule has 9 nitrogen and oxygen atoms in total. The van der Waals surface area contributed by atoms with Crippen LogP contribution in [0.3, 0.4) is 0 Å². The number of amides is 1. The molecule has 1 amide bonds. The van der Waals surface area contributed by atoms with Crippen molar-refractivity contribution in [3.8, 4) is 0 Å². The summed E-state index contributed by atoms with van der Waals surface area (Å²) < 4.78 is 0. The standard InChI is InChI=1S/C10H9N3O6/c14-8-7(1-6(2-11-8)13(18)19)9(15)12-3-5(4-12)10(16)17/h1-2,5H,3-4H2,(H,11,14)(H,16,17). The lowest BCUT2D eigenvalue weighted by Gasteiger charge is -2.36. The number of carbonyl (C=O) groups excluding carboxylic acids is 1. The second kappa shape index (κ2) is 4.52. The van der Waals surface area contributed by atoms with E-state index in [0.29, 0.717) is 0 Å². The third kappa shape index (κ3) is 2.30. The molecule has 0 radical (unpaired) electrons. The average molecular weight is 267 g/mol. The van der Waals surface area contributed by atoms with Gasteiger partial charge in [0.1, 0.15) is 5.56 Å². The van der Waals surface area contributed by atoms with Crippen LogP contribution in [0.1, 0.15) is 10.4 Å². The maximum absolute atomic E-state index is 11.9. The van der Waals surface area contributed by atoms with Crippen LogP contribution in [0.25, 0.3) is 0 Å². The van der Waals surface area contributed by atoms with Crippen LogP contribution in [0.5, 0.6) is 0 Å². The lowest BCUT2D eigenvalue weighted by atomic mass is 9.99. The monoisotopic (exact) mass is 267 g/mol. The fraction of sp³-hybridized carbons (Fsp3) is 0.300. The van der Waals surface area contributed by atoms with Gasteiger partial charge < -0.3 is 15.0 Å². The molecule has 100 valence electrons. The van der Waals surface area contributed by atoms with E-state index in [1.54, 1.807) is 0 Å². The Morgan fingerprint density at radius 2 is 2.11 bits per heavy atom. The molecule has 1 aromatic heterocycles. The topological polar surface area (TPSA) is 134 Å². The summed E-state index contributed by atoms with van der Waals surface area (Å²) in [6.45, 7) is -0.00734. The van der Waals surface area contributed by atoms with Gasteiger partial charge in [0.15, 0.2) is 0 Å². The number of aromatic nitrogens is 1. The van der Waals surface area contributed by atoms with Crippen LogP contribution in [0.15, 0.2) is 17.1 Å². The lowest BCUT2D eigenvalue weighted by Crippen LogP contribution is -2.53. The molecule has 1 aliphatic heterocycles. The number of carbonyl (C=O) groups is 2. The van der Waals surface area contributed by atoms with E-state index in [1.807, 2.05) is 0 Å². The summed E-state index contributed by atoms with van der Waals surface area (Å²) >= 11 is 0. The van der Waals surface area contributed by atoms with Crippen LogP contribution < -0.4 is 5.56 Å². The zero-order chi connectivity index (χ0) is 14.2. The van der Waals surface area contributed by atoms with Crippen molar-refractivity contribution in [2.75, 3.05) is 13.1 Å². The van der Waals surface area contributed by atoms with Crippen LogP contribution in [-0.4, -0.2) is 44.9 Å². The molecular formula is C10H9N3O6. The van der Waals surface area contributed by atoms with Crippen molar-refractivity contribution < 1.29 is 19.6 Å². The van der Waals surface area contributed by atoms with Crippen LogP contribution >= 0.6 is 0 Å². The van der Waals surface area contributed by atoms with Crippen LogP contribution in [-0.2, 0) is 4.79 Å². The molecule has 2 heterocycles. The second-order valence-electron chi connectivity index (χ2n) is 4.10. The van der Waals surface area contributed by atoms with Gasteiger partial charge in [-0.1, -0.05) is 0 Å². The van der Waals surface area contributed by atoms with Crippen LogP contribution in [0.2, 0.25) is 0 Å². The third-order valence-corrected chi connectivity index (χ3v) is 2.85. The summed E-state index contributed by atoms with van der Waals surface area (Å²) in [5.41, 5.74) is -1.51. The summed E-state index contributed by atoms with van der Waals surface area (Å²) in [6, 6.07) is 0.884. The molecule has 0 aromatic carbocycles. The van der Waals surface area contributed by atoms with Gasteiger partial charge in [-0.15, -0.1) is 0 Å². The number of pyridine rings is 1. The van der Waals surface area contributed by atoms with Crippen molar-refractivity contribution in [1.82, 2.24) is 9.88 Å². The van der Waals surface area contributed by atoms with Gasteiger partial charge in [-0.25, -0.2) is 0 Å². The Morgan fingerprint density at radius 1 is 1.47 bits per heavy atom. The molecule has 1 fully saturated rings. The number of nitrogens with zero attached hydrogens (tertiary/aromatic N) is 2. The smallest absolute Gasteiger partial charge is 0.310 e. The van der Waals surface area contributed by atoms with Gasteiger partial charge in [0.05, 0.1) is 17.0 Å². The van der Waals surface area contributed by atoms with E-state index in [4.69, 9.17) is 5.11 Å². The van der Waals surface area contributed by atoms with Crippen molar-refractivity contribution in [1.29, 1.82) is 0 Å². The molecule has 0 atom stereocenters. The summed E-state index contributed by atoms with van der Waals surface area (Å²) in [7, 11) is 0. The number of rotatable bonds is 3. The highest BCUT2D eigenvalue weighted by atomic mass is 16.6. The minimum absolute atomic E-state index is 0.00367. The van der Waals surface area contributed by atoms with Gasteiger partial charge in [0.2, 0.25) is 0 Å². The molecule has 0 saturated carbocycles. The van der Waals surface area contributed by atoms with E-state index in [-0.39, 0.29) is 18.7 Å². The average Bonchev–Trinajstić information content (AvgIpc) is 2.26. The molecular weight excluding hydrogens is 258 g/mol. The third-order valence-electron chi connectivity index (χ3n) is 2.85. The predicted molar refractivity (Wildman–Crippen MR) is 60.7 cm³/mol. The Morgan fingerprint density at radius 3 is 2.63 bits per heavy atom. The molecule has 9 heteroatoms. The van der Waals surface area contributed by atoms with Crippen molar-refractivity contribution in [2.24, 2.45) is 5.92 Å². The van der Waals surface area contributed by atoms with Gasteiger partial charge >= 0.3 is 5.97 Å². The number of aromatic amines is 1. The molecule has 2 rings (SSSR count). The molecule has 1 aromatic rings. The Balaban J connectivity index is 2.21. The van der Waals surface area contributed by atoms with Crippen molar-refractivity contribution in [2.45, 2.75) is 0 Å². The first kappa shape index (κ1) is 12.7. The largest absolute Gasteiger partial charge is 0.481 e. The quantitative estimate of drug-likeness (QED) is 0.557. The van der Waals surface area contributed by atoms with Gasteiger partial charge in [-0.05, 0) is 0 Å². The van der Waals surface area contributed by atoms with Crippen molar-refractivity contribution in [3.63, 3.8) is 0 Å². The zero-order valence-electron chi connectivity index (χ0n) is 9.53. The van der Waals surface area contributed by atoms with E-state index in [2.05, 4.69) is 4.98 Å². The van der Waals surface area contributed by atoms with E-state index < -0.39 is 34.0 Å². The number of aliphatic carboxylic acids is 1. The summed E-state index contributed by atoms with van der Waals surface area (Å²) in [4.78, 5) is 47.0. The number of nitrogens with one attached hydrogen (secondary N) is 1. The van der Waals surface area contributed by atoms with Gasteiger partial charge in [-0.2, -0.15) is 0 Å². The second-order valence-corrected chi connectivity index (χ2v) is 4.10. The van der Waals surface area contributed by atoms with Gasteiger partial charge in [0, 0.05) is 19.2 Å². The predicted octanol–water partition coefficient (Wildman–Crippen LogP) is -0.560. The molecule has 0 unspecified atom stereocenters. The first-order chi connectivity index (χ1) is 8.90. The number of H-pyrrole nitrogens is 1. The number of hydrogen-bond donors (Lipinski definition) is 2. The molecule has 1 saturated heterocycles. The Bertz CT molecular complexity index is 616. The lowest BCUT2D eigenvalue weighted by molar-refractivity contribution is -0.385. The fourth-order valence-corrected chi connectivity index (χ4v) is 1.71. The molecule has 0 aliphatic carbocycles. The first-order valence-electron chi connectivity index (χ1n) is 5.29. The SMILES string of the molecule is O=C(O)C1CN(C(=O)c2cc([N+](=O)[O-])c[nH]c2=O)C1. The number of carboxylic acids is 1. The normalized spacial score (nSPS) is 14.8. The minimum atomic E-state index is -1.02. The fourth-order valence-electron chi connectivity index (χ4n) is 1.71. The number of carboxylic acid groups (broad SMARTS) is 1. The highest BCUT2D eigenvalue weighted by Gasteiger charge is 2.37. The van der Waals surface area contributed by atoms with E-state index in [9.17, 15) is 24.5 Å². The molecule has 19 heavy (non-hydrogen) atoms. The van der Waals surface area contributed by atoms with Crippen molar-refractivity contribution in [3.05, 3.63) is 38.3 Å². The Labute approximate surface area is 105 Å². The Hall–Kier alpha value is -2.71. The van der Waals surface area contributed by atoms with E-state index >= 15 is 0 Å². The molecule has 1 aliphatic rings. The molecule has 0 spiro atoms. The number of hydrogen-bond acceptors (Lipinski definition) is 5. The molecule has 2 N–H and O–H groups in total. The maximum atomic E-state index is 11.9. The number of likely N-dealkylation sites (tertiary alicyclic amines) is 1. The van der Waals surface area contributed by atoms with E-state index in [1.165, 1.54) is 0 Å². The van der Waals surface area contributed by atoms with Crippen LogP contribution in [0, 0.1) is 16.0 Å². The van der Waals surface area contributed by atoms with Gasteiger partial charge in [-0.3, -0.25) is 24.5 Å². The summed E-state index contributed by atoms with van der Waals surface area (Å²) in [5, 5.41) is 19.2. The Kier molecular flexibility index (Phi) is 3.03. The summed E-state index contributed by atoms with van der Waals surface area (Å²) in [5.74, 6) is -2.37. The van der Waals surface area contributed by atoms with Crippen molar-refractivity contribution >= 4 is 17.6 Å². The van der Waals surface area contributed by atoms with Crippen LogP contribution in [0.4, 0.5) is 5.69 Å². The zero-order valence-corrected chi connectivity index (χ0v) is 9.53. The minimum Gasteiger partial charge on any atom is -0.481 e.